The van der Waals surface area contributed by atoms with Gasteiger partial charge in [0.05, 0.1) is 6.04 Å². The van der Waals surface area contributed by atoms with E-state index in [1.807, 2.05) is 27.7 Å². The van der Waals surface area contributed by atoms with E-state index < -0.39 is 47.2 Å². The van der Waals surface area contributed by atoms with Gasteiger partial charge in [-0.15, -0.1) is 0 Å². The Balaban J connectivity index is 1.53. The largest absolute Gasteiger partial charge is 0.363 e. The van der Waals surface area contributed by atoms with Crippen LogP contribution in [0.5, 0.6) is 0 Å². The first-order valence-corrected chi connectivity index (χ1v) is 13.6. The van der Waals surface area contributed by atoms with Crippen molar-refractivity contribution in [3.8, 4) is 0 Å². The van der Waals surface area contributed by atoms with E-state index in [1.165, 1.54) is 0 Å². The van der Waals surface area contributed by atoms with Crippen molar-refractivity contribution in [1.29, 1.82) is 0 Å². The number of likely N-dealkylation sites (tertiary alicyclic amines) is 1. The summed E-state index contributed by atoms with van der Waals surface area (Å²) in [6, 6.07) is -3.02. The summed E-state index contributed by atoms with van der Waals surface area (Å²) in [5.41, 5.74) is 4.32. The molecule has 10 heteroatoms. The summed E-state index contributed by atoms with van der Waals surface area (Å²) < 4.78 is 0. The maximum absolute atomic E-state index is 13.9. The quantitative estimate of drug-likeness (QED) is 0.342. The molecule has 5 amide bonds. The first-order chi connectivity index (χ1) is 17.0. The third kappa shape index (κ3) is 5.48. The van der Waals surface area contributed by atoms with Crippen molar-refractivity contribution in [2.24, 2.45) is 34.3 Å². The number of hydrogen-bond acceptors (Lipinski definition) is 5. The van der Waals surface area contributed by atoms with Gasteiger partial charge in [0.1, 0.15) is 12.1 Å². The third-order valence-corrected chi connectivity index (χ3v) is 9.23. The maximum atomic E-state index is 13.9. The van der Waals surface area contributed by atoms with Gasteiger partial charge in [0.25, 0.3) is 5.91 Å². The number of urea groups is 1. The minimum atomic E-state index is -1.07. The lowest BCUT2D eigenvalue weighted by molar-refractivity contribution is -0.145. The van der Waals surface area contributed by atoms with E-state index in [1.54, 1.807) is 4.90 Å². The van der Waals surface area contributed by atoms with Gasteiger partial charge in [-0.1, -0.05) is 53.9 Å². The van der Waals surface area contributed by atoms with Crippen LogP contribution >= 0.6 is 0 Å². The van der Waals surface area contributed by atoms with E-state index in [2.05, 4.69) is 29.8 Å². The van der Waals surface area contributed by atoms with E-state index in [0.29, 0.717) is 13.0 Å². The highest BCUT2D eigenvalue weighted by Crippen LogP contribution is 2.65. The maximum Gasteiger partial charge on any atom is 0.315 e. The van der Waals surface area contributed by atoms with Gasteiger partial charge in [-0.2, -0.15) is 0 Å². The highest BCUT2D eigenvalue weighted by atomic mass is 16.2. The number of amides is 5. The number of fused-ring (bicyclic) bond motifs is 1. The second kappa shape index (κ2) is 9.27. The molecule has 3 aliphatic carbocycles. The number of carbonyl (C=O) groups excluding carboxylic acids is 5. The SMILES string of the molecule is CC1(NC(=O)N[C@H](C(=O)N2CC3C([C@H]2C(=O)N[C@H](CC2CCC2)C(=O)C(N)=O)C3(C)C)C(C)(C)C)CC1. The Morgan fingerprint density at radius 1 is 1.03 bits per heavy atom. The average Bonchev–Trinajstić information content (AvgIpc) is 3.51. The van der Waals surface area contributed by atoms with Crippen molar-refractivity contribution in [1.82, 2.24) is 20.9 Å². The number of hydrogen-bond donors (Lipinski definition) is 4. The number of primary amides is 1. The van der Waals surface area contributed by atoms with Gasteiger partial charge in [0.15, 0.2) is 0 Å². The van der Waals surface area contributed by atoms with E-state index in [-0.39, 0.29) is 34.6 Å². The smallest absolute Gasteiger partial charge is 0.315 e. The van der Waals surface area contributed by atoms with Gasteiger partial charge >= 0.3 is 6.03 Å². The molecule has 4 rings (SSSR count). The van der Waals surface area contributed by atoms with Crippen LogP contribution in [0.25, 0.3) is 0 Å². The molecule has 0 aromatic carbocycles. The standard InChI is InChI=1S/C27H43N5O5/c1-25(2,3)20(30-24(37)31-27(6)10-11-27)23(36)32-13-15-17(26(15,4)5)18(32)22(35)29-16(19(33)21(28)34)12-14-8-7-9-14/h14-18,20H,7-13H2,1-6H3,(H2,28,34)(H,29,35)(H2,30,31,37)/t15?,16-,17?,18+,20-/m1/s1. The highest BCUT2D eigenvalue weighted by Gasteiger charge is 2.70. The Bertz CT molecular complexity index is 994. The summed E-state index contributed by atoms with van der Waals surface area (Å²) in [7, 11) is 0. The lowest BCUT2D eigenvalue weighted by Crippen LogP contribution is -2.62. The Hall–Kier alpha value is -2.65. The molecule has 2 unspecified atom stereocenters. The van der Waals surface area contributed by atoms with Crippen molar-refractivity contribution in [3.63, 3.8) is 0 Å². The number of Topliss-reactive ketones (excluding diaryl/α,β-unsaturated/α-hetero) is 1. The molecule has 0 spiro atoms. The average molecular weight is 518 g/mol. The fourth-order valence-corrected chi connectivity index (χ4v) is 6.10. The van der Waals surface area contributed by atoms with Crippen molar-refractivity contribution >= 4 is 29.5 Å². The van der Waals surface area contributed by atoms with Crippen LogP contribution in [-0.2, 0) is 19.2 Å². The van der Waals surface area contributed by atoms with Gasteiger partial charge in [0, 0.05) is 12.1 Å². The van der Waals surface area contributed by atoms with Crippen LogP contribution in [0.1, 0.15) is 80.1 Å². The van der Waals surface area contributed by atoms with E-state index >= 15 is 0 Å². The van der Waals surface area contributed by atoms with E-state index in [4.69, 9.17) is 5.73 Å². The zero-order chi connectivity index (χ0) is 27.5. The van der Waals surface area contributed by atoms with Gasteiger partial charge in [0.2, 0.25) is 17.6 Å². The van der Waals surface area contributed by atoms with Crippen LogP contribution in [0.3, 0.4) is 0 Å². The Labute approximate surface area is 219 Å². The minimum Gasteiger partial charge on any atom is -0.363 e. The molecule has 0 bridgehead atoms. The first kappa shape index (κ1) is 27.4. The molecule has 37 heavy (non-hydrogen) atoms. The van der Waals surface area contributed by atoms with Gasteiger partial charge in [-0.05, 0) is 54.8 Å². The van der Waals surface area contributed by atoms with Gasteiger partial charge < -0.3 is 26.6 Å². The van der Waals surface area contributed by atoms with Gasteiger partial charge in [-0.25, -0.2) is 4.79 Å². The zero-order valence-corrected chi connectivity index (χ0v) is 23.0. The minimum absolute atomic E-state index is 0.0655. The zero-order valence-electron chi connectivity index (χ0n) is 23.0. The Morgan fingerprint density at radius 2 is 1.65 bits per heavy atom. The number of piperidine rings is 1. The second-order valence-corrected chi connectivity index (χ2v) is 13.7. The van der Waals surface area contributed by atoms with E-state index in [0.717, 1.165) is 32.1 Å². The number of rotatable bonds is 9. The fraction of sp³-hybridized carbons (Fsp3) is 0.815. The summed E-state index contributed by atoms with van der Waals surface area (Å²) >= 11 is 0. The number of nitrogens with one attached hydrogen (secondary N) is 3. The molecular weight excluding hydrogens is 474 g/mol. The molecule has 1 heterocycles. The van der Waals surface area contributed by atoms with Crippen LogP contribution in [0.15, 0.2) is 0 Å². The number of ketones is 1. The second-order valence-electron chi connectivity index (χ2n) is 13.7. The third-order valence-electron chi connectivity index (χ3n) is 9.23. The van der Waals surface area contributed by atoms with Crippen LogP contribution in [0, 0.1) is 28.6 Å². The number of nitrogens with two attached hydrogens (primary N) is 1. The van der Waals surface area contributed by atoms with E-state index in [9.17, 15) is 24.0 Å². The summed E-state index contributed by atoms with van der Waals surface area (Å²) in [5, 5.41) is 8.60. The Kier molecular flexibility index (Phi) is 6.86. The van der Waals surface area contributed by atoms with Crippen molar-refractivity contribution < 1.29 is 24.0 Å². The Morgan fingerprint density at radius 3 is 2.14 bits per heavy atom. The normalized spacial score (nSPS) is 28.7. The predicted molar refractivity (Wildman–Crippen MR) is 137 cm³/mol. The van der Waals surface area contributed by atoms with Crippen molar-refractivity contribution in [3.05, 3.63) is 0 Å². The lowest BCUT2D eigenvalue weighted by atomic mass is 9.80. The van der Waals surface area contributed by atoms with Crippen LogP contribution in [-0.4, -0.2) is 64.6 Å². The molecule has 0 aromatic rings. The van der Waals surface area contributed by atoms with Crippen LogP contribution in [0.2, 0.25) is 0 Å². The fourth-order valence-electron chi connectivity index (χ4n) is 6.10. The molecule has 3 saturated carbocycles. The number of nitrogens with zero attached hydrogens (tertiary/aromatic N) is 1. The summed E-state index contributed by atoms with van der Waals surface area (Å²) in [6.45, 7) is 12.2. The molecule has 0 aromatic heterocycles. The molecule has 4 aliphatic rings. The van der Waals surface area contributed by atoms with Crippen LogP contribution in [0.4, 0.5) is 4.79 Å². The molecular formula is C27H43N5O5. The molecule has 206 valence electrons. The highest BCUT2D eigenvalue weighted by molar-refractivity contribution is 6.37. The lowest BCUT2D eigenvalue weighted by Gasteiger charge is -2.38. The van der Waals surface area contributed by atoms with Gasteiger partial charge in [-0.3, -0.25) is 19.2 Å². The first-order valence-electron chi connectivity index (χ1n) is 13.6. The molecule has 4 fully saturated rings. The summed E-state index contributed by atoms with van der Waals surface area (Å²) in [6.07, 6.45) is 5.12. The molecule has 5 atom stereocenters. The predicted octanol–water partition coefficient (Wildman–Crippen LogP) is 1.47. The molecule has 1 saturated heterocycles. The molecule has 1 aliphatic heterocycles. The molecule has 5 N–H and O–H groups in total. The number of carbonyl (C=O) groups is 5. The summed E-state index contributed by atoms with van der Waals surface area (Å²) in [4.78, 5) is 66.2. The van der Waals surface area contributed by atoms with Crippen molar-refractivity contribution in [2.45, 2.75) is 104 Å². The summed E-state index contributed by atoms with van der Waals surface area (Å²) in [5.74, 6) is -2.28. The van der Waals surface area contributed by atoms with Crippen LogP contribution < -0.4 is 21.7 Å². The topological polar surface area (TPSA) is 151 Å². The van der Waals surface area contributed by atoms with Crippen molar-refractivity contribution in [2.75, 3.05) is 6.54 Å². The molecule has 10 nitrogen and oxygen atoms in total. The monoisotopic (exact) mass is 517 g/mol. The molecule has 0 radical (unpaired) electrons.